The Bertz CT molecular complexity index is 580. The Morgan fingerprint density at radius 1 is 1.40 bits per heavy atom. The van der Waals surface area contributed by atoms with Crippen molar-refractivity contribution in [3.8, 4) is 0 Å². The molecule has 0 saturated heterocycles. The number of rotatable bonds is 0. The van der Waals surface area contributed by atoms with Crippen molar-refractivity contribution in [2.24, 2.45) is 0 Å². The van der Waals surface area contributed by atoms with Gasteiger partial charge >= 0.3 is 0 Å². The highest BCUT2D eigenvalue weighted by molar-refractivity contribution is 6.31. The lowest BCUT2D eigenvalue weighted by atomic mass is 10.1. The molecule has 1 aliphatic heterocycles. The highest BCUT2D eigenvalue weighted by atomic mass is 35.5. The van der Waals surface area contributed by atoms with Crippen LogP contribution >= 0.6 is 11.6 Å². The van der Waals surface area contributed by atoms with E-state index in [0.717, 1.165) is 16.3 Å². The van der Waals surface area contributed by atoms with Crippen molar-refractivity contribution in [3.63, 3.8) is 0 Å². The van der Waals surface area contributed by atoms with Gasteiger partial charge in [0.05, 0.1) is 6.42 Å². The second-order valence-electron chi connectivity index (χ2n) is 3.54. The number of anilines is 1. The molecule has 0 spiro atoms. The summed E-state index contributed by atoms with van der Waals surface area (Å²) in [4.78, 5) is 15.4. The fraction of sp³-hybridized carbons (Fsp3) is 0.0909. The molecule has 0 saturated carbocycles. The van der Waals surface area contributed by atoms with Crippen LogP contribution in [0.15, 0.2) is 24.4 Å². The van der Waals surface area contributed by atoms with E-state index in [1.54, 1.807) is 6.20 Å². The van der Waals surface area contributed by atoms with Crippen LogP contribution in [-0.4, -0.2) is 10.9 Å². The predicted octanol–water partition coefficient (Wildman–Crippen LogP) is 2.38. The highest BCUT2D eigenvalue weighted by Crippen LogP contribution is 2.29. The first kappa shape index (κ1) is 8.68. The van der Waals surface area contributed by atoms with Crippen LogP contribution in [0.3, 0.4) is 0 Å². The van der Waals surface area contributed by atoms with E-state index in [4.69, 9.17) is 11.6 Å². The number of nitrogens with zero attached hydrogens (tertiary/aromatic N) is 1. The maximum absolute atomic E-state index is 11.2. The predicted molar refractivity (Wildman–Crippen MR) is 59.1 cm³/mol. The molecule has 4 heteroatoms. The molecule has 0 fully saturated rings. The number of carbonyl (C=O) groups is 1. The van der Waals surface area contributed by atoms with Gasteiger partial charge in [-0.1, -0.05) is 17.7 Å². The Hall–Kier alpha value is -1.61. The van der Waals surface area contributed by atoms with Gasteiger partial charge in [-0.05, 0) is 17.5 Å². The lowest BCUT2D eigenvalue weighted by Crippen LogP contribution is -2.04. The number of benzene rings is 1. The number of amides is 1. The number of hydrogen-bond acceptors (Lipinski definition) is 2. The minimum atomic E-state index is -0.0000463. The van der Waals surface area contributed by atoms with E-state index in [0.29, 0.717) is 17.3 Å². The zero-order valence-corrected chi connectivity index (χ0v) is 8.51. The van der Waals surface area contributed by atoms with E-state index in [1.165, 1.54) is 0 Å². The summed E-state index contributed by atoms with van der Waals surface area (Å²) in [6.45, 7) is 0. The van der Waals surface area contributed by atoms with Gasteiger partial charge in [-0.2, -0.15) is 0 Å². The molecule has 2 aromatic rings. The minimum Gasteiger partial charge on any atom is -0.310 e. The van der Waals surface area contributed by atoms with E-state index in [2.05, 4.69) is 10.3 Å². The quantitative estimate of drug-likeness (QED) is 0.738. The molecule has 15 heavy (non-hydrogen) atoms. The molecule has 3 nitrogen and oxygen atoms in total. The molecule has 1 N–H and O–H groups in total. The van der Waals surface area contributed by atoms with Crippen molar-refractivity contribution in [1.29, 1.82) is 0 Å². The lowest BCUT2D eigenvalue weighted by molar-refractivity contribution is -0.115. The Morgan fingerprint density at radius 3 is 3.13 bits per heavy atom. The molecule has 0 atom stereocenters. The van der Waals surface area contributed by atoms with Gasteiger partial charge in [0.25, 0.3) is 0 Å². The van der Waals surface area contributed by atoms with Gasteiger partial charge in [-0.15, -0.1) is 0 Å². The second kappa shape index (κ2) is 2.94. The molecule has 0 aliphatic carbocycles. The third kappa shape index (κ3) is 1.27. The second-order valence-corrected chi connectivity index (χ2v) is 3.98. The monoisotopic (exact) mass is 218 g/mol. The molecule has 0 bridgehead atoms. The summed E-state index contributed by atoms with van der Waals surface area (Å²) in [5.41, 5.74) is 0.967. The van der Waals surface area contributed by atoms with Crippen molar-refractivity contribution in [2.45, 2.75) is 6.42 Å². The first-order valence-corrected chi connectivity index (χ1v) is 4.99. The SMILES string of the molecule is O=C1Cc2c(ncc3cc(Cl)ccc23)N1. The Morgan fingerprint density at radius 2 is 2.27 bits per heavy atom. The van der Waals surface area contributed by atoms with Gasteiger partial charge in [0.1, 0.15) is 5.82 Å². The van der Waals surface area contributed by atoms with Gasteiger partial charge in [0.2, 0.25) is 5.91 Å². The van der Waals surface area contributed by atoms with Crippen molar-refractivity contribution < 1.29 is 4.79 Å². The Balaban J connectivity index is 2.35. The molecular weight excluding hydrogens is 212 g/mol. The van der Waals surface area contributed by atoms with Crippen molar-refractivity contribution in [3.05, 3.63) is 35.0 Å². The summed E-state index contributed by atoms with van der Waals surface area (Å²) in [5.74, 6) is 0.676. The fourth-order valence-corrected chi connectivity index (χ4v) is 2.06. The molecule has 1 aromatic heterocycles. The smallest absolute Gasteiger partial charge is 0.230 e. The molecular formula is C11H7ClN2O. The third-order valence-electron chi connectivity index (χ3n) is 2.55. The van der Waals surface area contributed by atoms with Crippen LogP contribution in [0.2, 0.25) is 5.02 Å². The van der Waals surface area contributed by atoms with Crippen LogP contribution in [0, 0.1) is 0 Å². The molecule has 1 amide bonds. The van der Waals surface area contributed by atoms with E-state index >= 15 is 0 Å². The van der Waals surface area contributed by atoms with E-state index in [9.17, 15) is 4.79 Å². The van der Waals surface area contributed by atoms with Crippen LogP contribution in [0.5, 0.6) is 0 Å². The summed E-state index contributed by atoms with van der Waals surface area (Å²) in [6.07, 6.45) is 2.13. The average Bonchev–Trinajstić information content (AvgIpc) is 2.58. The molecule has 2 heterocycles. The van der Waals surface area contributed by atoms with Crippen molar-refractivity contribution in [1.82, 2.24) is 4.98 Å². The normalized spacial score (nSPS) is 14.1. The number of aromatic nitrogens is 1. The standard InChI is InChI=1S/C11H7ClN2O/c12-7-1-2-8-6(3-7)5-13-11-9(8)4-10(15)14-11/h1-3,5H,4H2,(H,13,14,15). The van der Waals surface area contributed by atoms with Crippen LogP contribution in [0.25, 0.3) is 10.8 Å². The number of carbonyl (C=O) groups excluding carboxylic acids is 1. The zero-order valence-electron chi connectivity index (χ0n) is 7.75. The van der Waals surface area contributed by atoms with Gasteiger partial charge in [-0.3, -0.25) is 4.79 Å². The Kier molecular flexibility index (Phi) is 1.70. The number of halogens is 1. The largest absolute Gasteiger partial charge is 0.310 e. The molecule has 1 aromatic carbocycles. The van der Waals surface area contributed by atoms with E-state index < -0.39 is 0 Å². The number of fused-ring (bicyclic) bond motifs is 3. The topological polar surface area (TPSA) is 42.0 Å². The summed E-state index contributed by atoms with van der Waals surface area (Å²) in [5, 5.41) is 5.42. The summed E-state index contributed by atoms with van der Waals surface area (Å²) in [7, 11) is 0. The van der Waals surface area contributed by atoms with E-state index in [1.807, 2.05) is 18.2 Å². The molecule has 1 aliphatic rings. The van der Waals surface area contributed by atoms with Gasteiger partial charge < -0.3 is 5.32 Å². The lowest BCUT2D eigenvalue weighted by Gasteiger charge is -2.03. The first-order valence-electron chi connectivity index (χ1n) is 4.61. The van der Waals surface area contributed by atoms with Crippen molar-refractivity contribution >= 4 is 34.1 Å². The first-order chi connectivity index (χ1) is 7.24. The molecule has 3 rings (SSSR count). The molecule has 0 radical (unpaired) electrons. The van der Waals surface area contributed by atoms with Crippen LogP contribution in [-0.2, 0) is 11.2 Å². The molecule has 0 unspecified atom stereocenters. The Labute approximate surface area is 91.1 Å². The highest BCUT2D eigenvalue weighted by Gasteiger charge is 2.20. The van der Waals surface area contributed by atoms with Gasteiger partial charge in [0.15, 0.2) is 0 Å². The van der Waals surface area contributed by atoms with Gasteiger partial charge in [0, 0.05) is 22.2 Å². The zero-order chi connectivity index (χ0) is 10.4. The summed E-state index contributed by atoms with van der Waals surface area (Å²) in [6, 6.07) is 5.61. The van der Waals surface area contributed by atoms with Crippen LogP contribution in [0.4, 0.5) is 5.82 Å². The summed E-state index contributed by atoms with van der Waals surface area (Å²) >= 11 is 5.89. The van der Waals surface area contributed by atoms with Crippen LogP contribution in [0.1, 0.15) is 5.56 Å². The fourth-order valence-electron chi connectivity index (χ4n) is 1.88. The van der Waals surface area contributed by atoms with Crippen LogP contribution < -0.4 is 5.32 Å². The maximum atomic E-state index is 11.2. The number of hydrogen-bond donors (Lipinski definition) is 1. The number of pyridine rings is 1. The number of nitrogens with one attached hydrogen (secondary N) is 1. The van der Waals surface area contributed by atoms with Gasteiger partial charge in [-0.25, -0.2) is 4.98 Å². The average molecular weight is 219 g/mol. The van der Waals surface area contributed by atoms with Crippen molar-refractivity contribution in [2.75, 3.05) is 5.32 Å². The summed E-state index contributed by atoms with van der Waals surface area (Å²) < 4.78 is 0. The molecule has 74 valence electrons. The third-order valence-corrected chi connectivity index (χ3v) is 2.79. The maximum Gasteiger partial charge on any atom is 0.230 e. The van der Waals surface area contributed by atoms with E-state index in [-0.39, 0.29) is 5.91 Å². The minimum absolute atomic E-state index is 0.0000463.